The Kier molecular flexibility index (Phi) is 5.83. The number of hydrogen-bond acceptors (Lipinski definition) is 3. The Hall–Kier alpha value is -1.06. The molecule has 3 heteroatoms. The second-order valence-corrected chi connectivity index (χ2v) is 6.05. The van der Waals surface area contributed by atoms with Crippen molar-refractivity contribution in [3.63, 3.8) is 0 Å². The van der Waals surface area contributed by atoms with E-state index in [1.807, 2.05) is 18.2 Å². The largest absolute Gasteiger partial charge is 0.496 e. The fourth-order valence-corrected chi connectivity index (χ4v) is 1.89. The predicted molar refractivity (Wildman–Crippen MR) is 79.7 cm³/mol. The predicted octanol–water partition coefficient (Wildman–Crippen LogP) is 3.55. The van der Waals surface area contributed by atoms with E-state index in [1.165, 1.54) is 0 Å². The van der Waals surface area contributed by atoms with Crippen LogP contribution in [-0.4, -0.2) is 25.3 Å². The maximum absolute atomic E-state index is 6.03. The third-order valence-corrected chi connectivity index (χ3v) is 2.74. The first kappa shape index (κ1) is 16.0. The Balaban J connectivity index is 2.89. The minimum absolute atomic E-state index is 0.00428. The first-order valence-electron chi connectivity index (χ1n) is 6.87. The molecule has 1 unspecified atom stereocenters. The monoisotopic (exact) mass is 265 g/mol. The number of benzene rings is 1. The molecule has 0 aromatic heterocycles. The second kappa shape index (κ2) is 6.92. The maximum atomic E-state index is 6.03. The van der Waals surface area contributed by atoms with Gasteiger partial charge in [-0.3, -0.25) is 0 Å². The van der Waals surface area contributed by atoms with Gasteiger partial charge in [0.05, 0.1) is 19.3 Å². The standard InChI is InChI=1S/C16H27NO2/c1-12(2)19-15(11-17-16(3,4)5)13-9-7-8-10-14(13)18-6/h7-10,12,15,17H,11H2,1-6H3. The van der Waals surface area contributed by atoms with Gasteiger partial charge in [-0.25, -0.2) is 0 Å². The molecule has 0 saturated carbocycles. The lowest BCUT2D eigenvalue weighted by atomic mass is 10.0. The van der Waals surface area contributed by atoms with Crippen molar-refractivity contribution in [1.29, 1.82) is 0 Å². The normalized spacial score (nSPS) is 13.6. The topological polar surface area (TPSA) is 30.5 Å². The molecule has 0 amide bonds. The maximum Gasteiger partial charge on any atom is 0.124 e. The summed E-state index contributed by atoms with van der Waals surface area (Å²) in [6.45, 7) is 11.3. The van der Waals surface area contributed by atoms with Gasteiger partial charge in [-0.15, -0.1) is 0 Å². The lowest BCUT2D eigenvalue weighted by Gasteiger charge is -2.27. The van der Waals surface area contributed by atoms with Crippen LogP contribution in [0.2, 0.25) is 0 Å². The number of ether oxygens (including phenoxy) is 2. The second-order valence-electron chi connectivity index (χ2n) is 6.05. The Labute approximate surface area is 117 Å². The molecule has 1 aromatic carbocycles. The zero-order valence-corrected chi connectivity index (χ0v) is 13.0. The molecule has 0 aliphatic rings. The molecule has 0 spiro atoms. The third-order valence-electron chi connectivity index (χ3n) is 2.74. The third kappa shape index (κ3) is 5.62. The summed E-state index contributed by atoms with van der Waals surface area (Å²) in [5.41, 5.74) is 1.16. The highest BCUT2D eigenvalue weighted by atomic mass is 16.5. The van der Waals surface area contributed by atoms with Gasteiger partial charge in [-0.2, -0.15) is 0 Å². The Morgan fingerprint density at radius 1 is 1.16 bits per heavy atom. The van der Waals surface area contributed by atoms with Crippen LogP contribution in [0.4, 0.5) is 0 Å². The van der Waals surface area contributed by atoms with Crippen LogP contribution >= 0.6 is 0 Å². The summed E-state index contributed by atoms with van der Waals surface area (Å²) in [5.74, 6) is 0.879. The van der Waals surface area contributed by atoms with Gasteiger partial charge in [0.2, 0.25) is 0 Å². The highest BCUT2D eigenvalue weighted by Crippen LogP contribution is 2.28. The van der Waals surface area contributed by atoms with Crippen LogP contribution in [0.25, 0.3) is 0 Å². The molecule has 0 fully saturated rings. The first-order valence-corrected chi connectivity index (χ1v) is 6.87. The van der Waals surface area contributed by atoms with E-state index in [0.29, 0.717) is 0 Å². The SMILES string of the molecule is COc1ccccc1C(CNC(C)(C)C)OC(C)C. The fourth-order valence-electron chi connectivity index (χ4n) is 1.89. The van der Waals surface area contributed by atoms with Crippen LogP contribution in [0.1, 0.15) is 46.3 Å². The number of para-hydroxylation sites is 1. The molecular weight excluding hydrogens is 238 g/mol. The van der Waals surface area contributed by atoms with Crippen molar-refractivity contribution >= 4 is 0 Å². The van der Waals surface area contributed by atoms with E-state index < -0.39 is 0 Å². The van der Waals surface area contributed by atoms with Gasteiger partial charge < -0.3 is 14.8 Å². The summed E-state index contributed by atoms with van der Waals surface area (Å²) in [4.78, 5) is 0. The molecule has 0 bridgehead atoms. The molecule has 108 valence electrons. The molecular formula is C16H27NO2. The van der Waals surface area contributed by atoms with E-state index >= 15 is 0 Å². The van der Waals surface area contributed by atoms with Gasteiger partial charge in [-0.05, 0) is 40.7 Å². The molecule has 1 rings (SSSR count). The summed E-state index contributed by atoms with van der Waals surface area (Å²) >= 11 is 0. The summed E-state index contributed by atoms with van der Waals surface area (Å²) < 4.78 is 11.5. The molecule has 19 heavy (non-hydrogen) atoms. The Morgan fingerprint density at radius 2 is 1.79 bits per heavy atom. The van der Waals surface area contributed by atoms with Crippen LogP contribution in [0.15, 0.2) is 24.3 Å². The quantitative estimate of drug-likeness (QED) is 0.853. The lowest BCUT2D eigenvalue weighted by Crippen LogP contribution is -2.39. The van der Waals surface area contributed by atoms with Crippen LogP contribution in [-0.2, 0) is 4.74 Å². The van der Waals surface area contributed by atoms with Crippen molar-refractivity contribution < 1.29 is 9.47 Å². The van der Waals surface area contributed by atoms with E-state index in [2.05, 4.69) is 46.0 Å². The van der Waals surface area contributed by atoms with E-state index in [1.54, 1.807) is 7.11 Å². The van der Waals surface area contributed by atoms with Gasteiger partial charge in [0.15, 0.2) is 0 Å². The van der Waals surface area contributed by atoms with Crippen LogP contribution < -0.4 is 10.1 Å². The van der Waals surface area contributed by atoms with E-state index in [4.69, 9.17) is 9.47 Å². The first-order chi connectivity index (χ1) is 8.83. The minimum atomic E-state index is -0.00428. The van der Waals surface area contributed by atoms with Crippen molar-refractivity contribution in [2.45, 2.75) is 52.4 Å². The van der Waals surface area contributed by atoms with Gasteiger partial charge in [-0.1, -0.05) is 18.2 Å². The summed E-state index contributed by atoms with van der Waals surface area (Å²) in [7, 11) is 1.70. The molecule has 3 nitrogen and oxygen atoms in total. The molecule has 0 saturated heterocycles. The molecule has 1 N–H and O–H groups in total. The molecule has 0 radical (unpaired) electrons. The highest BCUT2D eigenvalue weighted by molar-refractivity contribution is 5.35. The average molecular weight is 265 g/mol. The van der Waals surface area contributed by atoms with Gasteiger partial charge in [0, 0.05) is 17.6 Å². The van der Waals surface area contributed by atoms with Crippen molar-refractivity contribution in [2.24, 2.45) is 0 Å². The molecule has 0 aliphatic carbocycles. The zero-order valence-electron chi connectivity index (χ0n) is 13.0. The van der Waals surface area contributed by atoms with Crippen molar-refractivity contribution in [3.8, 4) is 5.75 Å². The number of methoxy groups -OCH3 is 1. The van der Waals surface area contributed by atoms with Gasteiger partial charge in [0.25, 0.3) is 0 Å². The molecule has 1 atom stereocenters. The number of hydrogen-bond donors (Lipinski definition) is 1. The highest BCUT2D eigenvalue weighted by Gasteiger charge is 2.20. The summed E-state index contributed by atoms with van der Waals surface area (Å²) in [6.07, 6.45) is 0.173. The van der Waals surface area contributed by atoms with Crippen molar-refractivity contribution in [3.05, 3.63) is 29.8 Å². The molecule has 0 aliphatic heterocycles. The lowest BCUT2D eigenvalue weighted by molar-refractivity contribution is 0.00288. The molecule has 0 heterocycles. The summed E-state index contributed by atoms with van der Waals surface area (Å²) in [6, 6.07) is 8.04. The number of rotatable bonds is 6. The smallest absolute Gasteiger partial charge is 0.124 e. The van der Waals surface area contributed by atoms with Crippen LogP contribution in [0, 0.1) is 0 Å². The summed E-state index contributed by atoms with van der Waals surface area (Å²) in [5, 5.41) is 3.50. The fraction of sp³-hybridized carbons (Fsp3) is 0.625. The zero-order chi connectivity index (χ0) is 14.5. The Morgan fingerprint density at radius 3 is 2.32 bits per heavy atom. The van der Waals surface area contributed by atoms with E-state index in [9.17, 15) is 0 Å². The minimum Gasteiger partial charge on any atom is -0.496 e. The van der Waals surface area contributed by atoms with E-state index in [0.717, 1.165) is 17.9 Å². The Bertz CT molecular complexity index is 383. The number of nitrogens with one attached hydrogen (secondary N) is 1. The van der Waals surface area contributed by atoms with E-state index in [-0.39, 0.29) is 17.7 Å². The molecule has 1 aromatic rings. The van der Waals surface area contributed by atoms with Gasteiger partial charge in [0.1, 0.15) is 5.75 Å². The average Bonchev–Trinajstić information content (AvgIpc) is 2.33. The van der Waals surface area contributed by atoms with Crippen LogP contribution in [0.5, 0.6) is 5.75 Å². The van der Waals surface area contributed by atoms with Crippen LogP contribution in [0.3, 0.4) is 0 Å². The van der Waals surface area contributed by atoms with Crippen molar-refractivity contribution in [1.82, 2.24) is 5.32 Å². The van der Waals surface area contributed by atoms with Gasteiger partial charge >= 0.3 is 0 Å². The van der Waals surface area contributed by atoms with Crippen molar-refractivity contribution in [2.75, 3.05) is 13.7 Å².